The van der Waals surface area contributed by atoms with Crippen molar-refractivity contribution in [3.05, 3.63) is 48.3 Å². The van der Waals surface area contributed by atoms with Crippen LogP contribution in [-0.2, 0) is 4.79 Å². The van der Waals surface area contributed by atoms with Gasteiger partial charge in [-0.05, 0) is 24.3 Å². The summed E-state index contributed by atoms with van der Waals surface area (Å²) in [4.78, 5) is 11.8. The summed E-state index contributed by atoms with van der Waals surface area (Å²) in [5.74, 6) is 1.83. The van der Waals surface area contributed by atoms with Crippen LogP contribution in [0.4, 0.5) is 0 Å². The standard InChI is InChI=1S/C13H13NO3/c15-9-7-10(12-3-1-5-16-12)14-11(8-9)13-4-2-6-17-13/h1-6,10-11,14H,7-8H2. The Morgan fingerprint density at radius 1 is 1.00 bits per heavy atom. The summed E-state index contributed by atoms with van der Waals surface area (Å²) in [6.45, 7) is 0. The molecule has 1 aliphatic rings. The fourth-order valence-corrected chi connectivity index (χ4v) is 2.24. The van der Waals surface area contributed by atoms with Gasteiger partial charge in [0.2, 0.25) is 0 Å². The molecule has 0 saturated carbocycles. The first kappa shape index (κ1) is 10.4. The van der Waals surface area contributed by atoms with Crippen LogP contribution in [0.2, 0.25) is 0 Å². The number of piperidine rings is 1. The molecule has 17 heavy (non-hydrogen) atoms. The van der Waals surface area contributed by atoms with Crippen molar-refractivity contribution in [2.45, 2.75) is 24.9 Å². The topological polar surface area (TPSA) is 55.4 Å². The Bertz CT molecular complexity index is 442. The largest absolute Gasteiger partial charge is 0.468 e. The van der Waals surface area contributed by atoms with Gasteiger partial charge in [0.05, 0.1) is 24.6 Å². The third-order valence-electron chi connectivity index (χ3n) is 3.04. The van der Waals surface area contributed by atoms with E-state index in [4.69, 9.17) is 8.83 Å². The quantitative estimate of drug-likeness (QED) is 0.863. The lowest BCUT2D eigenvalue weighted by atomic mass is 9.94. The second kappa shape index (κ2) is 4.22. The summed E-state index contributed by atoms with van der Waals surface area (Å²) in [6.07, 6.45) is 4.20. The van der Waals surface area contributed by atoms with E-state index in [9.17, 15) is 4.79 Å². The summed E-state index contributed by atoms with van der Waals surface area (Å²) < 4.78 is 10.7. The molecule has 2 atom stereocenters. The number of carbonyl (C=O) groups is 1. The highest BCUT2D eigenvalue weighted by Gasteiger charge is 2.31. The minimum atomic E-state index is -0.0543. The van der Waals surface area contributed by atoms with Gasteiger partial charge in [0.1, 0.15) is 17.3 Å². The zero-order chi connectivity index (χ0) is 11.7. The minimum absolute atomic E-state index is 0.0543. The van der Waals surface area contributed by atoms with Gasteiger partial charge in [-0.15, -0.1) is 0 Å². The molecule has 1 saturated heterocycles. The molecule has 0 bridgehead atoms. The Hall–Kier alpha value is -1.81. The van der Waals surface area contributed by atoms with E-state index in [1.165, 1.54) is 0 Å². The molecule has 1 N–H and O–H groups in total. The van der Waals surface area contributed by atoms with Crippen LogP contribution in [0.25, 0.3) is 0 Å². The number of rotatable bonds is 2. The van der Waals surface area contributed by atoms with Crippen molar-refractivity contribution < 1.29 is 13.6 Å². The lowest BCUT2D eigenvalue weighted by Gasteiger charge is -2.27. The number of Topliss-reactive ketones (excluding diaryl/α,β-unsaturated/α-hetero) is 1. The van der Waals surface area contributed by atoms with E-state index < -0.39 is 0 Å². The van der Waals surface area contributed by atoms with E-state index >= 15 is 0 Å². The van der Waals surface area contributed by atoms with Crippen LogP contribution in [0, 0.1) is 0 Å². The van der Waals surface area contributed by atoms with Crippen molar-refractivity contribution in [2.75, 3.05) is 0 Å². The van der Waals surface area contributed by atoms with Gasteiger partial charge in [-0.25, -0.2) is 0 Å². The number of carbonyl (C=O) groups excluding carboxylic acids is 1. The second-order valence-electron chi connectivity index (χ2n) is 4.25. The van der Waals surface area contributed by atoms with E-state index in [0.717, 1.165) is 11.5 Å². The molecule has 2 aromatic rings. The summed E-state index contributed by atoms with van der Waals surface area (Å²) >= 11 is 0. The van der Waals surface area contributed by atoms with Crippen LogP contribution in [0.5, 0.6) is 0 Å². The Kier molecular flexibility index (Phi) is 2.57. The average Bonchev–Trinajstić information content (AvgIpc) is 3.02. The number of hydrogen-bond acceptors (Lipinski definition) is 4. The zero-order valence-corrected chi connectivity index (χ0v) is 9.26. The van der Waals surface area contributed by atoms with Gasteiger partial charge in [-0.3, -0.25) is 10.1 Å². The summed E-state index contributed by atoms with van der Waals surface area (Å²) in [5.41, 5.74) is 0. The van der Waals surface area contributed by atoms with E-state index in [1.807, 2.05) is 24.3 Å². The molecule has 4 nitrogen and oxygen atoms in total. The highest BCUT2D eigenvalue weighted by atomic mass is 16.3. The first-order valence-corrected chi connectivity index (χ1v) is 5.67. The van der Waals surface area contributed by atoms with Crippen LogP contribution in [0.15, 0.2) is 45.6 Å². The highest BCUT2D eigenvalue weighted by Crippen LogP contribution is 2.31. The van der Waals surface area contributed by atoms with Crippen LogP contribution in [-0.4, -0.2) is 5.78 Å². The number of furan rings is 2. The van der Waals surface area contributed by atoms with E-state index in [-0.39, 0.29) is 17.9 Å². The van der Waals surface area contributed by atoms with Crippen molar-refractivity contribution in [1.29, 1.82) is 0 Å². The molecule has 2 aromatic heterocycles. The Morgan fingerprint density at radius 3 is 1.94 bits per heavy atom. The van der Waals surface area contributed by atoms with Gasteiger partial charge in [0.15, 0.2) is 0 Å². The molecular weight excluding hydrogens is 218 g/mol. The van der Waals surface area contributed by atoms with Gasteiger partial charge < -0.3 is 8.83 Å². The fourth-order valence-electron chi connectivity index (χ4n) is 2.24. The number of ketones is 1. The summed E-state index contributed by atoms with van der Waals surface area (Å²) in [6, 6.07) is 7.32. The molecule has 1 fully saturated rings. The van der Waals surface area contributed by atoms with Gasteiger partial charge in [0.25, 0.3) is 0 Å². The van der Waals surface area contributed by atoms with Crippen molar-refractivity contribution in [3.63, 3.8) is 0 Å². The SMILES string of the molecule is O=C1CC(c2ccco2)NC(c2ccco2)C1. The van der Waals surface area contributed by atoms with E-state index in [0.29, 0.717) is 12.8 Å². The Balaban J connectivity index is 1.82. The van der Waals surface area contributed by atoms with Crippen molar-refractivity contribution >= 4 is 5.78 Å². The molecule has 3 rings (SSSR count). The van der Waals surface area contributed by atoms with Crippen molar-refractivity contribution in [3.8, 4) is 0 Å². The molecule has 4 heteroatoms. The number of hydrogen-bond donors (Lipinski definition) is 1. The molecule has 0 aromatic carbocycles. The predicted octanol–water partition coefficient (Wildman–Crippen LogP) is 2.61. The molecule has 0 radical (unpaired) electrons. The van der Waals surface area contributed by atoms with Gasteiger partial charge in [-0.1, -0.05) is 0 Å². The highest BCUT2D eigenvalue weighted by molar-refractivity contribution is 5.80. The molecule has 0 spiro atoms. The van der Waals surface area contributed by atoms with E-state index in [2.05, 4.69) is 5.32 Å². The molecule has 2 unspecified atom stereocenters. The van der Waals surface area contributed by atoms with E-state index in [1.54, 1.807) is 12.5 Å². The number of nitrogens with one attached hydrogen (secondary N) is 1. The molecular formula is C13H13NO3. The van der Waals surface area contributed by atoms with Crippen LogP contribution < -0.4 is 5.32 Å². The van der Waals surface area contributed by atoms with Crippen molar-refractivity contribution in [2.24, 2.45) is 0 Å². The Morgan fingerprint density at radius 2 is 1.53 bits per heavy atom. The molecule has 3 heterocycles. The average molecular weight is 231 g/mol. The third kappa shape index (κ3) is 2.03. The predicted molar refractivity (Wildman–Crippen MR) is 60.3 cm³/mol. The van der Waals surface area contributed by atoms with Gasteiger partial charge in [0, 0.05) is 12.8 Å². The maximum atomic E-state index is 11.8. The third-order valence-corrected chi connectivity index (χ3v) is 3.04. The maximum absolute atomic E-state index is 11.8. The minimum Gasteiger partial charge on any atom is -0.468 e. The lowest BCUT2D eigenvalue weighted by Crippen LogP contribution is -2.34. The lowest BCUT2D eigenvalue weighted by molar-refractivity contribution is -0.122. The fraction of sp³-hybridized carbons (Fsp3) is 0.308. The molecule has 0 amide bonds. The first-order valence-electron chi connectivity index (χ1n) is 5.67. The van der Waals surface area contributed by atoms with Gasteiger partial charge in [-0.2, -0.15) is 0 Å². The van der Waals surface area contributed by atoms with Crippen LogP contribution in [0.3, 0.4) is 0 Å². The van der Waals surface area contributed by atoms with Crippen LogP contribution >= 0.6 is 0 Å². The van der Waals surface area contributed by atoms with Crippen LogP contribution in [0.1, 0.15) is 36.4 Å². The Labute approximate surface area is 98.6 Å². The summed E-state index contributed by atoms with van der Waals surface area (Å²) in [7, 11) is 0. The smallest absolute Gasteiger partial charge is 0.136 e. The first-order chi connectivity index (χ1) is 8.33. The molecule has 0 aliphatic carbocycles. The normalized spacial score (nSPS) is 25.1. The monoisotopic (exact) mass is 231 g/mol. The van der Waals surface area contributed by atoms with Crippen molar-refractivity contribution in [1.82, 2.24) is 5.32 Å². The molecule has 88 valence electrons. The van der Waals surface area contributed by atoms with Gasteiger partial charge >= 0.3 is 0 Å². The maximum Gasteiger partial charge on any atom is 0.136 e. The summed E-state index contributed by atoms with van der Waals surface area (Å²) in [5, 5.41) is 3.38. The second-order valence-corrected chi connectivity index (χ2v) is 4.25. The molecule has 1 aliphatic heterocycles. The zero-order valence-electron chi connectivity index (χ0n) is 9.26.